The third-order valence-electron chi connectivity index (χ3n) is 6.52. The van der Waals surface area contributed by atoms with E-state index < -0.39 is 35.8 Å². The summed E-state index contributed by atoms with van der Waals surface area (Å²) in [6.07, 6.45) is 0.651. The number of benzene rings is 1. The summed E-state index contributed by atoms with van der Waals surface area (Å²) < 4.78 is 5.41. The van der Waals surface area contributed by atoms with E-state index in [0.29, 0.717) is 44.2 Å². The molecule has 11 heteroatoms. The minimum absolute atomic E-state index is 0.0637. The summed E-state index contributed by atoms with van der Waals surface area (Å²) in [5, 5.41) is 15.1. The first-order valence-corrected chi connectivity index (χ1v) is 13.9. The van der Waals surface area contributed by atoms with E-state index >= 15 is 0 Å². The minimum atomic E-state index is -0.935. The topological polar surface area (TPSA) is 146 Å². The molecule has 3 rings (SSSR count). The Labute approximate surface area is 235 Å². The molecule has 4 amide bonds. The van der Waals surface area contributed by atoms with Gasteiger partial charge in [0, 0.05) is 32.1 Å². The van der Waals surface area contributed by atoms with Crippen LogP contribution in [0.15, 0.2) is 40.9 Å². The normalized spacial score (nSPS) is 22.2. The summed E-state index contributed by atoms with van der Waals surface area (Å²) in [6.45, 7) is 11.6. The van der Waals surface area contributed by atoms with Crippen LogP contribution in [0.3, 0.4) is 0 Å². The number of carbonyl (C=O) groups excluding carboxylic acids is 4. The number of rotatable bonds is 6. The molecule has 4 N–H and O–H groups in total. The summed E-state index contributed by atoms with van der Waals surface area (Å²) in [5.74, 6) is -0.898. The lowest BCUT2D eigenvalue weighted by Crippen LogP contribution is -2.57. The van der Waals surface area contributed by atoms with Gasteiger partial charge in [-0.3, -0.25) is 24.1 Å². The first-order chi connectivity index (χ1) is 19.0. The van der Waals surface area contributed by atoms with E-state index in [4.69, 9.17) is 4.52 Å². The molecule has 0 aliphatic carbocycles. The molecule has 0 saturated carbocycles. The number of amides is 4. The van der Waals surface area contributed by atoms with Gasteiger partial charge in [-0.2, -0.15) is 0 Å². The Hall–Kier alpha value is -3.73. The largest absolute Gasteiger partial charge is 0.359 e. The number of hydrogen-bond donors (Lipinski definition) is 4. The molecule has 1 aromatic heterocycles. The van der Waals surface area contributed by atoms with Crippen LogP contribution in [0.2, 0.25) is 0 Å². The molecule has 40 heavy (non-hydrogen) atoms. The van der Waals surface area contributed by atoms with Gasteiger partial charge in [0.15, 0.2) is 11.5 Å². The van der Waals surface area contributed by atoms with Crippen LogP contribution < -0.4 is 21.3 Å². The zero-order chi connectivity index (χ0) is 29.2. The fourth-order valence-corrected chi connectivity index (χ4v) is 4.59. The highest BCUT2D eigenvalue weighted by Gasteiger charge is 2.30. The van der Waals surface area contributed by atoms with E-state index in [2.05, 4.69) is 45.2 Å². The van der Waals surface area contributed by atoms with Gasteiger partial charge in [0.1, 0.15) is 18.1 Å². The van der Waals surface area contributed by atoms with Crippen molar-refractivity contribution < 1.29 is 23.7 Å². The Balaban J connectivity index is 1.90. The van der Waals surface area contributed by atoms with E-state index in [1.165, 1.54) is 6.92 Å². The second-order valence-electron chi connectivity index (χ2n) is 11.2. The maximum atomic E-state index is 13.4. The SMILES string of the molecule is CC(C)C[C@H]1NC(=O)[C@@H](C)NC(=O)c2cc(on2)CN(CC(C)C)CCNC(=O)[C@@H](Cc2ccccc2)NC1=O. The number of carbonyl (C=O) groups is 4. The van der Waals surface area contributed by atoms with Crippen molar-refractivity contribution in [3.8, 4) is 0 Å². The Bertz CT molecular complexity index is 1150. The third-order valence-corrected chi connectivity index (χ3v) is 6.52. The van der Waals surface area contributed by atoms with E-state index in [0.717, 1.165) is 12.1 Å². The maximum Gasteiger partial charge on any atom is 0.274 e. The van der Waals surface area contributed by atoms with Crippen molar-refractivity contribution in [1.82, 2.24) is 31.3 Å². The molecule has 1 aliphatic rings. The Morgan fingerprint density at radius 1 is 0.925 bits per heavy atom. The highest BCUT2D eigenvalue weighted by molar-refractivity contribution is 5.97. The van der Waals surface area contributed by atoms with Crippen molar-refractivity contribution in [2.45, 2.75) is 72.1 Å². The summed E-state index contributed by atoms with van der Waals surface area (Å²) in [5.41, 5.74) is 0.960. The minimum Gasteiger partial charge on any atom is -0.359 e. The average molecular weight is 555 g/mol. The third kappa shape index (κ3) is 9.48. The number of nitrogens with one attached hydrogen (secondary N) is 4. The van der Waals surface area contributed by atoms with Gasteiger partial charge in [0.25, 0.3) is 5.91 Å². The van der Waals surface area contributed by atoms with Crippen LogP contribution in [-0.2, 0) is 27.3 Å². The average Bonchev–Trinajstić information content (AvgIpc) is 3.35. The van der Waals surface area contributed by atoms with Gasteiger partial charge in [0.2, 0.25) is 17.7 Å². The number of nitrogens with zero attached hydrogens (tertiary/aromatic N) is 2. The molecule has 0 unspecified atom stereocenters. The van der Waals surface area contributed by atoms with Crippen molar-refractivity contribution in [2.75, 3.05) is 19.6 Å². The molecular weight excluding hydrogens is 512 g/mol. The summed E-state index contributed by atoms with van der Waals surface area (Å²) in [4.78, 5) is 54.7. The van der Waals surface area contributed by atoms with Crippen molar-refractivity contribution in [2.24, 2.45) is 11.8 Å². The Morgan fingerprint density at radius 3 is 2.30 bits per heavy atom. The molecule has 218 valence electrons. The fraction of sp³-hybridized carbons (Fsp3) is 0.552. The molecular formula is C29H42N6O5. The van der Waals surface area contributed by atoms with Crippen LogP contribution in [0.1, 0.15) is 62.9 Å². The number of hydrogen-bond acceptors (Lipinski definition) is 7. The molecule has 1 aromatic carbocycles. The molecule has 0 spiro atoms. The highest BCUT2D eigenvalue weighted by Crippen LogP contribution is 2.11. The van der Waals surface area contributed by atoms with E-state index in [1.54, 1.807) is 6.07 Å². The van der Waals surface area contributed by atoms with Gasteiger partial charge >= 0.3 is 0 Å². The Kier molecular flexibility index (Phi) is 11.2. The predicted octanol–water partition coefficient (Wildman–Crippen LogP) is 1.64. The molecule has 11 nitrogen and oxygen atoms in total. The van der Waals surface area contributed by atoms with Gasteiger partial charge in [-0.1, -0.05) is 63.2 Å². The lowest BCUT2D eigenvalue weighted by atomic mass is 10.0. The van der Waals surface area contributed by atoms with Crippen LogP contribution in [0.25, 0.3) is 0 Å². The second-order valence-corrected chi connectivity index (χ2v) is 11.2. The van der Waals surface area contributed by atoms with Crippen LogP contribution in [0, 0.1) is 11.8 Å². The highest BCUT2D eigenvalue weighted by atomic mass is 16.5. The van der Waals surface area contributed by atoms with Gasteiger partial charge < -0.3 is 25.8 Å². The smallest absolute Gasteiger partial charge is 0.274 e. The second kappa shape index (κ2) is 14.6. The maximum absolute atomic E-state index is 13.4. The van der Waals surface area contributed by atoms with Gasteiger partial charge in [-0.25, -0.2) is 0 Å². The molecule has 2 bridgehead atoms. The predicted molar refractivity (Wildman–Crippen MR) is 150 cm³/mol. The number of aromatic nitrogens is 1. The van der Waals surface area contributed by atoms with Gasteiger partial charge in [-0.05, 0) is 30.7 Å². The summed E-state index contributed by atoms with van der Waals surface area (Å²) in [6, 6.07) is 8.34. The molecule has 0 fully saturated rings. The summed E-state index contributed by atoms with van der Waals surface area (Å²) >= 11 is 0. The van der Waals surface area contributed by atoms with Gasteiger partial charge in [-0.15, -0.1) is 0 Å². The zero-order valence-electron chi connectivity index (χ0n) is 24.0. The molecule has 1 aliphatic heterocycles. The van der Waals surface area contributed by atoms with Crippen LogP contribution in [0.5, 0.6) is 0 Å². The molecule has 3 atom stereocenters. The first kappa shape index (κ1) is 30.8. The Morgan fingerprint density at radius 2 is 1.62 bits per heavy atom. The standard InChI is InChI=1S/C29H42N6O5/c1-18(2)13-23-28(38)33-24(14-21-9-7-6-8-10-21)27(37)30-11-12-35(16-19(3)4)17-22-15-25(34-40-22)29(39)31-20(5)26(36)32-23/h6-10,15,18-20,23-24H,11-14,16-17H2,1-5H3,(H,30,37)(H,31,39)(H,32,36)(H,33,38)/t20-,23-,24-/m1/s1. The zero-order valence-corrected chi connectivity index (χ0v) is 24.0. The van der Waals surface area contributed by atoms with E-state index in [-0.39, 0.29) is 17.5 Å². The number of fused-ring (bicyclic) bond motifs is 2. The van der Waals surface area contributed by atoms with Crippen LogP contribution in [-0.4, -0.2) is 71.4 Å². The van der Waals surface area contributed by atoms with Crippen LogP contribution in [0.4, 0.5) is 0 Å². The first-order valence-electron chi connectivity index (χ1n) is 13.9. The molecule has 0 saturated heterocycles. The molecule has 2 aromatic rings. The quantitative estimate of drug-likeness (QED) is 0.425. The lowest BCUT2D eigenvalue weighted by Gasteiger charge is -2.26. The molecule has 0 radical (unpaired) electrons. The van der Waals surface area contributed by atoms with E-state index in [1.807, 2.05) is 44.2 Å². The van der Waals surface area contributed by atoms with Crippen molar-refractivity contribution in [1.29, 1.82) is 0 Å². The molecule has 2 heterocycles. The monoisotopic (exact) mass is 554 g/mol. The van der Waals surface area contributed by atoms with Crippen molar-refractivity contribution in [3.05, 3.63) is 53.4 Å². The van der Waals surface area contributed by atoms with Crippen molar-refractivity contribution in [3.63, 3.8) is 0 Å². The van der Waals surface area contributed by atoms with Crippen molar-refractivity contribution >= 4 is 23.6 Å². The summed E-state index contributed by atoms with van der Waals surface area (Å²) in [7, 11) is 0. The van der Waals surface area contributed by atoms with Crippen LogP contribution >= 0.6 is 0 Å². The van der Waals surface area contributed by atoms with E-state index in [9.17, 15) is 19.2 Å². The lowest BCUT2D eigenvalue weighted by molar-refractivity contribution is -0.132. The van der Waals surface area contributed by atoms with Gasteiger partial charge in [0.05, 0.1) is 6.54 Å². The fourth-order valence-electron chi connectivity index (χ4n) is 4.59.